The molecule has 0 amide bonds. The molecule has 0 aliphatic carbocycles. The van der Waals surface area contributed by atoms with E-state index in [0.29, 0.717) is 0 Å². The van der Waals surface area contributed by atoms with E-state index in [2.05, 4.69) is 0 Å². The minimum atomic E-state index is -0.976. The van der Waals surface area contributed by atoms with Crippen molar-refractivity contribution in [3.05, 3.63) is 33.0 Å². The van der Waals surface area contributed by atoms with Gasteiger partial charge in [-0.3, -0.25) is 9.59 Å². The molecule has 0 radical (unpaired) electrons. The van der Waals surface area contributed by atoms with Crippen molar-refractivity contribution in [3.8, 4) is 23.0 Å². The van der Waals surface area contributed by atoms with E-state index in [0.717, 1.165) is 26.0 Å². The Hall–Kier alpha value is -4.08. The SMILES string of the molecule is CC(=O)Oc1c(O)cc2c(=O)oc3c(OC(C)=O)c(O)cc4c(=O)oc1c2c34. The van der Waals surface area contributed by atoms with Gasteiger partial charge in [-0.25, -0.2) is 9.59 Å². The van der Waals surface area contributed by atoms with Gasteiger partial charge >= 0.3 is 23.2 Å². The first kappa shape index (κ1) is 17.3. The van der Waals surface area contributed by atoms with Crippen LogP contribution in [-0.4, -0.2) is 22.2 Å². The number of rotatable bonds is 2. The smallest absolute Gasteiger partial charge is 0.344 e. The fourth-order valence-corrected chi connectivity index (χ4v) is 3.05. The molecule has 4 rings (SSSR count). The second kappa shape index (κ2) is 5.71. The zero-order valence-corrected chi connectivity index (χ0v) is 14.3. The van der Waals surface area contributed by atoms with Crippen LogP contribution in [0.2, 0.25) is 0 Å². The number of phenols is 2. The Kier molecular flexibility index (Phi) is 3.54. The number of benzene rings is 2. The second-order valence-electron chi connectivity index (χ2n) is 5.92. The summed E-state index contributed by atoms with van der Waals surface area (Å²) in [5.74, 6) is -3.79. The molecule has 0 saturated carbocycles. The normalized spacial score (nSPS) is 11.4. The highest BCUT2D eigenvalue weighted by Crippen LogP contribution is 2.45. The molecule has 0 aliphatic rings. The van der Waals surface area contributed by atoms with E-state index in [1.165, 1.54) is 0 Å². The highest BCUT2D eigenvalue weighted by Gasteiger charge is 2.27. The number of aromatic hydroxyl groups is 2. The molecule has 142 valence electrons. The summed E-state index contributed by atoms with van der Waals surface area (Å²) in [7, 11) is 0. The number of phenolic OH excluding ortho intramolecular Hbond substituents is 2. The summed E-state index contributed by atoms with van der Waals surface area (Å²) in [6.45, 7) is 2.14. The van der Waals surface area contributed by atoms with E-state index in [1.54, 1.807) is 0 Å². The van der Waals surface area contributed by atoms with Crippen molar-refractivity contribution >= 4 is 44.6 Å². The number of ether oxygens (including phenoxy) is 2. The van der Waals surface area contributed by atoms with Gasteiger partial charge in [-0.15, -0.1) is 0 Å². The summed E-state index contributed by atoms with van der Waals surface area (Å²) in [6.07, 6.45) is 0. The van der Waals surface area contributed by atoms with Gasteiger partial charge < -0.3 is 28.5 Å². The number of carbonyl (C=O) groups is 2. The number of esters is 2. The van der Waals surface area contributed by atoms with Crippen molar-refractivity contribution in [2.45, 2.75) is 13.8 Å². The van der Waals surface area contributed by atoms with Crippen LogP contribution in [0.15, 0.2) is 30.6 Å². The predicted octanol–water partition coefficient (Wildman–Crippen LogP) is 1.75. The first-order valence-electron chi connectivity index (χ1n) is 7.80. The fraction of sp³-hybridized carbons (Fsp3) is 0.111. The van der Waals surface area contributed by atoms with Crippen molar-refractivity contribution in [3.63, 3.8) is 0 Å². The zero-order valence-electron chi connectivity index (χ0n) is 14.3. The summed E-state index contributed by atoms with van der Waals surface area (Å²) in [5.41, 5.74) is -2.70. The van der Waals surface area contributed by atoms with Crippen molar-refractivity contribution < 1.29 is 38.1 Å². The predicted molar refractivity (Wildman–Crippen MR) is 93.2 cm³/mol. The largest absolute Gasteiger partial charge is 0.504 e. The minimum absolute atomic E-state index is 0.0108. The highest BCUT2D eigenvalue weighted by atomic mass is 16.6. The number of hydrogen-bond donors (Lipinski definition) is 2. The van der Waals surface area contributed by atoms with E-state index in [4.69, 9.17) is 18.3 Å². The van der Waals surface area contributed by atoms with Crippen molar-refractivity contribution in [1.29, 1.82) is 0 Å². The van der Waals surface area contributed by atoms with Crippen LogP contribution in [0.5, 0.6) is 23.0 Å². The van der Waals surface area contributed by atoms with Gasteiger partial charge in [0.05, 0.1) is 10.8 Å². The zero-order chi connectivity index (χ0) is 20.3. The van der Waals surface area contributed by atoms with E-state index in [9.17, 15) is 29.4 Å². The average molecular weight is 386 g/mol. The monoisotopic (exact) mass is 386 g/mol. The van der Waals surface area contributed by atoms with Crippen LogP contribution < -0.4 is 20.7 Å². The van der Waals surface area contributed by atoms with Crippen LogP contribution in [-0.2, 0) is 9.59 Å². The first-order valence-corrected chi connectivity index (χ1v) is 7.80. The first-order chi connectivity index (χ1) is 13.2. The molecule has 2 heterocycles. The third kappa shape index (κ3) is 2.35. The quantitative estimate of drug-likeness (QED) is 0.225. The molecule has 2 aromatic carbocycles. The molecule has 10 nitrogen and oxygen atoms in total. The number of carbonyl (C=O) groups excluding carboxylic acids is 2. The molecule has 0 unspecified atom stereocenters. The van der Waals surface area contributed by atoms with Crippen molar-refractivity contribution in [2.75, 3.05) is 0 Å². The fourth-order valence-electron chi connectivity index (χ4n) is 3.05. The Balaban J connectivity index is 2.33. The summed E-state index contributed by atoms with van der Waals surface area (Å²) in [6, 6.07) is 1.98. The van der Waals surface area contributed by atoms with E-state index in [1.807, 2.05) is 0 Å². The third-order valence-corrected chi connectivity index (χ3v) is 4.00. The molecule has 10 heteroatoms. The van der Waals surface area contributed by atoms with Gasteiger partial charge in [0.1, 0.15) is 0 Å². The van der Waals surface area contributed by atoms with Crippen LogP contribution in [0.4, 0.5) is 0 Å². The van der Waals surface area contributed by atoms with Gasteiger partial charge in [-0.1, -0.05) is 0 Å². The van der Waals surface area contributed by atoms with E-state index < -0.39 is 46.2 Å². The average Bonchev–Trinajstić information content (AvgIpc) is 2.59. The lowest BCUT2D eigenvalue weighted by Crippen LogP contribution is -2.10. The maximum Gasteiger partial charge on any atom is 0.344 e. The lowest BCUT2D eigenvalue weighted by atomic mass is 10.0. The Morgan fingerprint density at radius 2 is 1.14 bits per heavy atom. The van der Waals surface area contributed by atoms with Gasteiger partial charge in [0.25, 0.3) is 0 Å². The molecule has 0 aliphatic heterocycles. The van der Waals surface area contributed by atoms with Gasteiger partial charge in [0.2, 0.25) is 11.5 Å². The summed E-state index contributed by atoms with van der Waals surface area (Å²) < 4.78 is 20.2. The van der Waals surface area contributed by atoms with Crippen LogP contribution in [0.3, 0.4) is 0 Å². The second-order valence-corrected chi connectivity index (χ2v) is 5.92. The van der Waals surface area contributed by atoms with Crippen molar-refractivity contribution in [1.82, 2.24) is 0 Å². The molecule has 28 heavy (non-hydrogen) atoms. The molecule has 0 atom stereocenters. The standard InChI is InChI=1S/C18H10O10/c1-5(19)25-13-9(21)3-7-11-12-8(17(23)27-15(11)13)4-10(22)14(26-6(2)20)16(12)28-18(7)24/h3-4,21-22H,1-2H3. The molecular weight excluding hydrogens is 376 g/mol. The minimum Gasteiger partial charge on any atom is -0.504 e. The summed E-state index contributed by atoms with van der Waals surface area (Å²) >= 11 is 0. The highest BCUT2D eigenvalue weighted by molar-refractivity contribution is 6.22. The van der Waals surface area contributed by atoms with Crippen LogP contribution >= 0.6 is 0 Å². The van der Waals surface area contributed by atoms with Gasteiger partial charge in [0, 0.05) is 24.6 Å². The maximum atomic E-state index is 12.4. The summed E-state index contributed by atoms with van der Waals surface area (Å²) in [4.78, 5) is 47.6. The summed E-state index contributed by atoms with van der Waals surface area (Å²) in [5, 5.41) is 19.9. The Morgan fingerprint density at radius 1 is 0.786 bits per heavy atom. The van der Waals surface area contributed by atoms with Crippen LogP contribution in [0.25, 0.3) is 32.7 Å². The molecule has 2 aromatic heterocycles. The molecule has 2 N–H and O–H groups in total. The van der Waals surface area contributed by atoms with Gasteiger partial charge in [-0.2, -0.15) is 0 Å². The molecular formula is C18H10O10. The van der Waals surface area contributed by atoms with Gasteiger partial charge in [-0.05, 0) is 12.1 Å². The Morgan fingerprint density at radius 3 is 1.46 bits per heavy atom. The van der Waals surface area contributed by atoms with Crippen LogP contribution in [0, 0.1) is 0 Å². The van der Waals surface area contributed by atoms with Crippen molar-refractivity contribution in [2.24, 2.45) is 0 Å². The Bertz CT molecular complexity index is 1310. The van der Waals surface area contributed by atoms with Crippen LogP contribution in [0.1, 0.15) is 13.8 Å². The maximum absolute atomic E-state index is 12.4. The van der Waals surface area contributed by atoms with Gasteiger partial charge in [0.15, 0.2) is 22.7 Å². The third-order valence-electron chi connectivity index (χ3n) is 4.00. The molecule has 0 saturated heterocycles. The lowest BCUT2D eigenvalue weighted by molar-refractivity contribution is -0.132. The topological polar surface area (TPSA) is 153 Å². The number of hydrogen-bond acceptors (Lipinski definition) is 10. The molecule has 4 aromatic rings. The molecule has 0 fully saturated rings. The lowest BCUT2D eigenvalue weighted by Gasteiger charge is -2.14. The van der Waals surface area contributed by atoms with E-state index >= 15 is 0 Å². The molecule has 0 spiro atoms. The van der Waals surface area contributed by atoms with E-state index in [-0.39, 0.29) is 32.7 Å². The molecule has 0 bridgehead atoms. The Labute approximate surface area is 153 Å².